The normalized spacial score (nSPS) is 16.6. The molecular weight excluding hydrogens is 418 g/mol. The molecule has 0 aliphatic carbocycles. The molecule has 2 heterocycles. The number of nitrogens with zero attached hydrogens (tertiary/aromatic N) is 3. The number of piperidine rings is 1. The number of nitrogens with two attached hydrogens (primary N) is 1. The molecule has 158 valence electrons. The van der Waals surface area contributed by atoms with Crippen LogP contribution < -0.4 is 10.5 Å². The van der Waals surface area contributed by atoms with E-state index >= 15 is 0 Å². The van der Waals surface area contributed by atoms with Crippen LogP contribution in [-0.2, 0) is 31.4 Å². The summed E-state index contributed by atoms with van der Waals surface area (Å²) in [6, 6.07) is 5.55. The summed E-state index contributed by atoms with van der Waals surface area (Å²) in [4.78, 5) is 16.4. The van der Waals surface area contributed by atoms with E-state index < -0.39 is 20.0 Å². The van der Waals surface area contributed by atoms with Crippen LogP contribution in [0.25, 0.3) is 0 Å². The van der Waals surface area contributed by atoms with Gasteiger partial charge in [0.1, 0.15) is 0 Å². The van der Waals surface area contributed by atoms with Crippen LogP contribution in [-0.4, -0.2) is 49.7 Å². The quantitative estimate of drug-likeness (QED) is 0.671. The molecule has 10 nitrogen and oxygen atoms in total. The van der Waals surface area contributed by atoms with Crippen LogP contribution in [0.5, 0.6) is 0 Å². The zero-order valence-corrected chi connectivity index (χ0v) is 17.5. The number of sulfonamides is 2. The van der Waals surface area contributed by atoms with Gasteiger partial charge in [0.2, 0.25) is 15.9 Å². The third kappa shape index (κ3) is 4.83. The molecule has 0 atom stereocenters. The molecule has 0 saturated carbocycles. The highest BCUT2D eigenvalue weighted by Crippen LogP contribution is 2.24. The second kappa shape index (κ2) is 8.22. The standard InChI is InChI=1S/C17H23N5O5S2/c1-2-21-11-16(19-12-21)29(26,27)22-9-7-13(8-10-22)17(23)20-14-3-5-15(6-4-14)28(18,24)25/h3-6,11-13H,2,7-10H2,1H3,(H,20,23)(H2,18,24,25). The Hall–Kier alpha value is -2.28. The second-order valence-electron chi connectivity index (χ2n) is 6.78. The highest BCUT2D eigenvalue weighted by molar-refractivity contribution is 7.89. The van der Waals surface area contributed by atoms with Gasteiger partial charge in [-0.2, -0.15) is 4.31 Å². The monoisotopic (exact) mass is 441 g/mol. The maximum Gasteiger partial charge on any atom is 0.262 e. The minimum Gasteiger partial charge on any atom is -0.336 e. The van der Waals surface area contributed by atoms with Crippen molar-refractivity contribution < 1.29 is 21.6 Å². The Bertz CT molecular complexity index is 1090. The minimum atomic E-state index is -3.79. The van der Waals surface area contributed by atoms with Crippen LogP contribution in [0.1, 0.15) is 19.8 Å². The summed E-state index contributed by atoms with van der Waals surface area (Å²) in [6.07, 6.45) is 3.75. The van der Waals surface area contributed by atoms with Crippen molar-refractivity contribution in [2.24, 2.45) is 11.1 Å². The van der Waals surface area contributed by atoms with Crippen LogP contribution >= 0.6 is 0 Å². The van der Waals surface area contributed by atoms with Crippen molar-refractivity contribution in [2.45, 2.75) is 36.2 Å². The maximum absolute atomic E-state index is 12.7. The van der Waals surface area contributed by atoms with Gasteiger partial charge in [-0.05, 0) is 44.0 Å². The summed E-state index contributed by atoms with van der Waals surface area (Å²) in [6.45, 7) is 2.97. The minimum absolute atomic E-state index is 0.0113. The molecule has 1 fully saturated rings. The molecule has 2 aromatic rings. The number of hydrogen-bond donors (Lipinski definition) is 2. The van der Waals surface area contributed by atoms with Crippen LogP contribution in [0.15, 0.2) is 46.7 Å². The molecule has 1 aliphatic heterocycles. The van der Waals surface area contributed by atoms with Gasteiger partial charge in [0.15, 0.2) is 5.03 Å². The van der Waals surface area contributed by atoms with Crippen molar-refractivity contribution in [1.29, 1.82) is 0 Å². The fraction of sp³-hybridized carbons (Fsp3) is 0.412. The van der Waals surface area contributed by atoms with Gasteiger partial charge < -0.3 is 9.88 Å². The molecule has 12 heteroatoms. The lowest BCUT2D eigenvalue weighted by Crippen LogP contribution is -2.41. The topological polar surface area (TPSA) is 144 Å². The van der Waals surface area contributed by atoms with Crippen LogP contribution in [0.2, 0.25) is 0 Å². The average Bonchev–Trinajstić information content (AvgIpc) is 3.18. The summed E-state index contributed by atoms with van der Waals surface area (Å²) < 4.78 is 51.0. The zero-order chi connectivity index (χ0) is 21.2. The smallest absolute Gasteiger partial charge is 0.262 e. The number of amides is 1. The predicted molar refractivity (Wildman–Crippen MR) is 106 cm³/mol. The van der Waals surface area contributed by atoms with E-state index in [1.807, 2.05) is 6.92 Å². The number of carbonyl (C=O) groups is 1. The first kappa shape index (κ1) is 21.4. The molecule has 0 unspecified atom stereocenters. The van der Waals surface area contributed by atoms with Gasteiger partial charge in [-0.1, -0.05) is 0 Å². The highest BCUT2D eigenvalue weighted by atomic mass is 32.2. The maximum atomic E-state index is 12.7. The largest absolute Gasteiger partial charge is 0.336 e. The van der Waals surface area contributed by atoms with Crippen LogP contribution in [0, 0.1) is 5.92 Å². The fourth-order valence-corrected chi connectivity index (χ4v) is 5.03. The summed E-state index contributed by atoms with van der Waals surface area (Å²) in [5, 5.41) is 7.79. The summed E-state index contributed by atoms with van der Waals surface area (Å²) in [7, 11) is -7.47. The molecular formula is C17H23N5O5S2. The second-order valence-corrected chi connectivity index (χ2v) is 10.2. The first-order valence-corrected chi connectivity index (χ1v) is 12.1. The van der Waals surface area contributed by atoms with E-state index in [4.69, 9.17) is 5.14 Å². The summed E-state index contributed by atoms with van der Waals surface area (Å²) in [5.41, 5.74) is 0.447. The van der Waals surface area contributed by atoms with Crippen molar-refractivity contribution in [3.05, 3.63) is 36.8 Å². The van der Waals surface area contributed by atoms with Gasteiger partial charge in [0, 0.05) is 37.4 Å². The lowest BCUT2D eigenvalue weighted by atomic mass is 9.97. The van der Waals surface area contributed by atoms with E-state index in [1.165, 1.54) is 41.1 Å². The van der Waals surface area contributed by atoms with Crippen molar-refractivity contribution in [3.8, 4) is 0 Å². The van der Waals surface area contributed by atoms with Gasteiger partial charge in [0.05, 0.1) is 11.2 Å². The number of carbonyl (C=O) groups excluding carboxylic acids is 1. The molecule has 1 aromatic heterocycles. The Morgan fingerprint density at radius 3 is 2.31 bits per heavy atom. The number of benzene rings is 1. The predicted octanol–water partition coefficient (Wildman–Crippen LogP) is 0.590. The molecule has 1 amide bonds. The number of imidazole rings is 1. The number of nitrogens with one attached hydrogen (secondary N) is 1. The number of hydrogen-bond acceptors (Lipinski definition) is 6. The average molecular weight is 442 g/mol. The molecule has 1 saturated heterocycles. The molecule has 3 rings (SSSR count). The summed E-state index contributed by atoms with van der Waals surface area (Å²) in [5.74, 6) is -0.576. The van der Waals surface area contributed by atoms with E-state index in [-0.39, 0.29) is 34.8 Å². The van der Waals surface area contributed by atoms with Crippen LogP contribution in [0.3, 0.4) is 0 Å². The molecule has 1 aliphatic rings. The van der Waals surface area contributed by atoms with E-state index in [2.05, 4.69) is 10.3 Å². The fourth-order valence-electron chi connectivity index (χ4n) is 3.11. The Balaban J connectivity index is 1.59. The number of rotatable bonds is 6. The lowest BCUT2D eigenvalue weighted by molar-refractivity contribution is -0.120. The van der Waals surface area contributed by atoms with Crippen molar-refractivity contribution in [1.82, 2.24) is 13.9 Å². The number of aromatic nitrogens is 2. The first-order valence-electron chi connectivity index (χ1n) is 9.07. The van der Waals surface area contributed by atoms with E-state index in [0.29, 0.717) is 25.1 Å². The first-order chi connectivity index (χ1) is 13.6. The Morgan fingerprint density at radius 2 is 1.79 bits per heavy atom. The van der Waals surface area contributed by atoms with Gasteiger partial charge in [-0.3, -0.25) is 4.79 Å². The van der Waals surface area contributed by atoms with Gasteiger partial charge >= 0.3 is 0 Å². The van der Waals surface area contributed by atoms with Gasteiger partial charge in [-0.25, -0.2) is 27.0 Å². The lowest BCUT2D eigenvalue weighted by Gasteiger charge is -2.29. The Morgan fingerprint density at radius 1 is 1.17 bits per heavy atom. The molecule has 0 bridgehead atoms. The SMILES string of the molecule is CCn1cnc(S(=O)(=O)N2CCC(C(=O)Nc3ccc(S(N)(=O)=O)cc3)CC2)c1. The van der Waals surface area contributed by atoms with E-state index in [0.717, 1.165) is 0 Å². The van der Waals surface area contributed by atoms with Crippen molar-refractivity contribution >= 4 is 31.6 Å². The summed E-state index contributed by atoms with van der Waals surface area (Å²) >= 11 is 0. The van der Waals surface area contributed by atoms with E-state index in [9.17, 15) is 21.6 Å². The third-order valence-corrected chi connectivity index (χ3v) is 7.57. The molecule has 1 aromatic carbocycles. The Labute approximate surface area is 169 Å². The number of primary sulfonamides is 1. The van der Waals surface area contributed by atoms with Crippen molar-refractivity contribution in [3.63, 3.8) is 0 Å². The molecule has 29 heavy (non-hydrogen) atoms. The molecule has 3 N–H and O–H groups in total. The zero-order valence-electron chi connectivity index (χ0n) is 15.9. The van der Waals surface area contributed by atoms with E-state index in [1.54, 1.807) is 4.57 Å². The van der Waals surface area contributed by atoms with Crippen molar-refractivity contribution in [2.75, 3.05) is 18.4 Å². The molecule has 0 radical (unpaired) electrons. The number of anilines is 1. The highest BCUT2D eigenvalue weighted by Gasteiger charge is 2.33. The number of aryl methyl sites for hydroxylation is 1. The van der Waals surface area contributed by atoms with Gasteiger partial charge in [-0.15, -0.1) is 0 Å². The molecule has 0 spiro atoms. The van der Waals surface area contributed by atoms with Gasteiger partial charge in [0.25, 0.3) is 10.0 Å². The van der Waals surface area contributed by atoms with Crippen LogP contribution in [0.4, 0.5) is 5.69 Å². The third-order valence-electron chi connectivity index (χ3n) is 4.85. The Kier molecular flexibility index (Phi) is 6.08.